The maximum atomic E-state index is 12.7. The third kappa shape index (κ3) is 2.41. The number of nitrogens with zero attached hydrogens (tertiary/aromatic N) is 1. The van der Waals surface area contributed by atoms with Crippen LogP contribution in [0.25, 0.3) is 0 Å². The van der Waals surface area contributed by atoms with Crippen molar-refractivity contribution in [2.75, 3.05) is 13.1 Å². The highest BCUT2D eigenvalue weighted by atomic mass is 35.5. The minimum atomic E-state index is -3.41. The Hall–Kier alpha value is -0.140. The number of sulfonamides is 1. The number of fused-ring (bicyclic) bond motifs is 1. The zero-order valence-corrected chi connectivity index (χ0v) is 13.8. The molecule has 0 aromatic carbocycles. The number of rotatable bonds is 2. The lowest BCUT2D eigenvalue weighted by molar-refractivity contribution is 0.260. The van der Waals surface area contributed by atoms with Gasteiger partial charge in [-0.1, -0.05) is 18.0 Å². The van der Waals surface area contributed by atoms with Crippen molar-refractivity contribution in [3.05, 3.63) is 16.0 Å². The van der Waals surface area contributed by atoms with Gasteiger partial charge in [0.25, 0.3) is 10.0 Å². The van der Waals surface area contributed by atoms with E-state index in [0.29, 0.717) is 33.5 Å². The fourth-order valence-corrected chi connectivity index (χ4v) is 6.76. The molecule has 4 nitrogen and oxygen atoms in total. The van der Waals surface area contributed by atoms with Gasteiger partial charge in [0.1, 0.15) is 4.21 Å². The Labute approximate surface area is 129 Å². The normalized spacial score (nSPS) is 31.4. The quantitative estimate of drug-likeness (QED) is 0.903. The largest absolute Gasteiger partial charge is 0.327 e. The molecule has 1 saturated carbocycles. The van der Waals surface area contributed by atoms with Gasteiger partial charge < -0.3 is 5.73 Å². The topological polar surface area (TPSA) is 63.4 Å². The molecule has 1 aliphatic heterocycles. The van der Waals surface area contributed by atoms with Gasteiger partial charge >= 0.3 is 0 Å². The monoisotopic (exact) mass is 334 g/mol. The van der Waals surface area contributed by atoms with E-state index in [0.717, 1.165) is 36.2 Å². The Morgan fingerprint density at radius 1 is 1.40 bits per heavy atom. The molecule has 1 aliphatic carbocycles. The molecule has 1 saturated heterocycles. The molecule has 2 aliphatic rings. The molecule has 2 fully saturated rings. The van der Waals surface area contributed by atoms with Crippen LogP contribution in [0, 0.1) is 18.8 Å². The summed E-state index contributed by atoms with van der Waals surface area (Å²) < 4.78 is 27.9. The van der Waals surface area contributed by atoms with Crippen molar-refractivity contribution in [1.82, 2.24) is 4.31 Å². The number of aryl methyl sites for hydroxylation is 1. The highest BCUT2D eigenvalue weighted by molar-refractivity contribution is 7.91. The molecule has 7 heteroatoms. The second-order valence-corrected chi connectivity index (χ2v) is 9.68. The summed E-state index contributed by atoms with van der Waals surface area (Å²) in [6.07, 6.45) is 3.22. The highest BCUT2D eigenvalue weighted by Crippen LogP contribution is 2.39. The SMILES string of the molecule is Cc1cc(S(=O)(=O)N2CC3CCCC(N)C3C2)sc1Cl. The predicted molar refractivity (Wildman–Crippen MR) is 81.6 cm³/mol. The zero-order chi connectivity index (χ0) is 14.5. The van der Waals surface area contributed by atoms with Gasteiger partial charge in [-0.25, -0.2) is 8.42 Å². The molecule has 3 unspecified atom stereocenters. The van der Waals surface area contributed by atoms with Gasteiger partial charge in [-0.3, -0.25) is 0 Å². The molecule has 1 aromatic heterocycles. The molecule has 0 amide bonds. The summed E-state index contributed by atoms with van der Waals surface area (Å²) in [5, 5.41) is 0. The van der Waals surface area contributed by atoms with E-state index < -0.39 is 10.0 Å². The second-order valence-electron chi connectivity index (χ2n) is 5.86. The van der Waals surface area contributed by atoms with Crippen molar-refractivity contribution < 1.29 is 8.42 Å². The van der Waals surface area contributed by atoms with Crippen molar-refractivity contribution in [3.63, 3.8) is 0 Å². The Balaban J connectivity index is 1.86. The smallest absolute Gasteiger partial charge is 0.252 e. The summed E-state index contributed by atoms with van der Waals surface area (Å²) in [7, 11) is -3.41. The zero-order valence-electron chi connectivity index (χ0n) is 11.4. The van der Waals surface area contributed by atoms with Crippen LogP contribution in [0.15, 0.2) is 10.3 Å². The molecular weight excluding hydrogens is 316 g/mol. The van der Waals surface area contributed by atoms with Gasteiger partial charge in [-0.2, -0.15) is 4.31 Å². The van der Waals surface area contributed by atoms with Crippen LogP contribution in [0.2, 0.25) is 4.34 Å². The number of hydrogen-bond acceptors (Lipinski definition) is 4. The van der Waals surface area contributed by atoms with Crippen molar-refractivity contribution in [1.29, 1.82) is 0 Å². The minimum Gasteiger partial charge on any atom is -0.327 e. The van der Waals surface area contributed by atoms with Crippen LogP contribution >= 0.6 is 22.9 Å². The van der Waals surface area contributed by atoms with Crippen LogP contribution in [0.3, 0.4) is 0 Å². The van der Waals surface area contributed by atoms with E-state index in [4.69, 9.17) is 17.3 Å². The summed E-state index contributed by atoms with van der Waals surface area (Å²) in [5.74, 6) is 0.736. The number of nitrogens with two attached hydrogens (primary N) is 1. The fourth-order valence-electron chi connectivity index (χ4n) is 3.36. The Kier molecular flexibility index (Phi) is 3.88. The lowest BCUT2D eigenvalue weighted by Crippen LogP contribution is -2.38. The van der Waals surface area contributed by atoms with E-state index in [-0.39, 0.29) is 6.04 Å². The van der Waals surface area contributed by atoms with Gasteiger partial charge in [-0.05, 0) is 43.2 Å². The minimum absolute atomic E-state index is 0.141. The number of halogens is 1. The van der Waals surface area contributed by atoms with Crippen LogP contribution < -0.4 is 5.73 Å². The maximum Gasteiger partial charge on any atom is 0.252 e. The van der Waals surface area contributed by atoms with Gasteiger partial charge in [0.2, 0.25) is 0 Å². The molecule has 3 atom stereocenters. The summed E-state index contributed by atoms with van der Waals surface area (Å²) in [6.45, 7) is 3.00. The molecular formula is C13H19ClN2O2S2. The maximum absolute atomic E-state index is 12.7. The third-order valence-corrected chi connectivity index (χ3v) is 8.39. The number of hydrogen-bond donors (Lipinski definition) is 1. The number of thiophene rings is 1. The molecule has 2 N–H and O–H groups in total. The van der Waals surface area contributed by atoms with E-state index in [2.05, 4.69) is 0 Å². The average molecular weight is 335 g/mol. The molecule has 0 bridgehead atoms. The molecule has 3 rings (SSSR count). The molecule has 2 heterocycles. The second kappa shape index (κ2) is 5.25. The van der Waals surface area contributed by atoms with Crippen LogP contribution in [0.5, 0.6) is 0 Å². The molecule has 112 valence electrons. The van der Waals surface area contributed by atoms with Gasteiger partial charge in [0.15, 0.2) is 0 Å². The summed E-state index contributed by atoms with van der Waals surface area (Å²) in [4.78, 5) is 0. The standard InChI is InChI=1S/C13H19ClN2O2S2/c1-8-5-12(19-13(8)14)20(17,18)16-6-9-3-2-4-11(15)10(9)7-16/h5,9-11H,2-4,6-7,15H2,1H3. The van der Waals surface area contributed by atoms with E-state index >= 15 is 0 Å². The molecule has 20 heavy (non-hydrogen) atoms. The molecule has 0 spiro atoms. The van der Waals surface area contributed by atoms with Crippen LogP contribution in [-0.2, 0) is 10.0 Å². The van der Waals surface area contributed by atoms with E-state index in [1.807, 2.05) is 6.92 Å². The predicted octanol–water partition coefficient (Wildman–Crippen LogP) is 2.46. The molecule has 1 aromatic rings. The lowest BCUT2D eigenvalue weighted by Gasteiger charge is -2.29. The first kappa shape index (κ1) is 14.8. The van der Waals surface area contributed by atoms with Crippen molar-refractivity contribution in [3.8, 4) is 0 Å². The van der Waals surface area contributed by atoms with E-state index in [9.17, 15) is 8.42 Å². The van der Waals surface area contributed by atoms with E-state index in [1.54, 1.807) is 10.4 Å². The third-order valence-electron chi connectivity index (χ3n) is 4.55. The van der Waals surface area contributed by atoms with Crippen LogP contribution in [0.1, 0.15) is 24.8 Å². The fraction of sp³-hybridized carbons (Fsp3) is 0.692. The van der Waals surface area contributed by atoms with E-state index in [1.165, 1.54) is 0 Å². The Morgan fingerprint density at radius 3 is 2.75 bits per heavy atom. The highest BCUT2D eigenvalue weighted by Gasteiger charge is 2.43. The summed E-state index contributed by atoms with van der Waals surface area (Å²) >= 11 is 7.15. The van der Waals surface area contributed by atoms with Crippen molar-refractivity contribution >= 4 is 33.0 Å². The van der Waals surface area contributed by atoms with Gasteiger partial charge in [0, 0.05) is 19.1 Å². The first-order valence-electron chi connectivity index (χ1n) is 6.91. The van der Waals surface area contributed by atoms with Gasteiger partial charge in [0.05, 0.1) is 4.34 Å². The Morgan fingerprint density at radius 2 is 2.15 bits per heavy atom. The first-order valence-corrected chi connectivity index (χ1v) is 9.54. The summed E-state index contributed by atoms with van der Waals surface area (Å²) in [5.41, 5.74) is 6.98. The van der Waals surface area contributed by atoms with Crippen LogP contribution in [0.4, 0.5) is 0 Å². The lowest BCUT2D eigenvalue weighted by atomic mass is 9.78. The average Bonchev–Trinajstić information content (AvgIpc) is 2.96. The van der Waals surface area contributed by atoms with Crippen molar-refractivity contribution in [2.24, 2.45) is 17.6 Å². The van der Waals surface area contributed by atoms with Crippen LogP contribution in [-0.4, -0.2) is 31.9 Å². The molecule has 0 radical (unpaired) electrons. The van der Waals surface area contributed by atoms with Crippen molar-refractivity contribution in [2.45, 2.75) is 36.4 Å². The Bertz CT molecular complexity index is 594. The first-order chi connectivity index (χ1) is 9.39. The van der Waals surface area contributed by atoms with Gasteiger partial charge in [-0.15, -0.1) is 11.3 Å². The summed E-state index contributed by atoms with van der Waals surface area (Å²) in [6, 6.07) is 1.81.